The fourth-order valence-corrected chi connectivity index (χ4v) is 4.07. The Morgan fingerprint density at radius 3 is 2.69 bits per heavy atom. The summed E-state index contributed by atoms with van der Waals surface area (Å²) in [6.07, 6.45) is 3.76. The maximum atomic E-state index is 14.3. The predicted molar refractivity (Wildman–Crippen MR) is 108 cm³/mol. The van der Waals surface area contributed by atoms with Gasteiger partial charge in [0, 0.05) is 58.1 Å². The molecule has 29 heavy (non-hydrogen) atoms. The minimum atomic E-state index is -0.421. The molecule has 152 valence electrons. The lowest BCUT2D eigenvalue weighted by atomic mass is 10.1. The number of aromatic nitrogens is 1. The monoisotopic (exact) mass is 396 g/mol. The van der Waals surface area contributed by atoms with E-state index in [0.29, 0.717) is 13.1 Å². The molecule has 0 N–H and O–H groups in total. The minimum absolute atomic E-state index is 0.00519. The summed E-state index contributed by atoms with van der Waals surface area (Å²) in [5.41, 5.74) is 2.22. The van der Waals surface area contributed by atoms with E-state index < -0.39 is 11.7 Å². The molecule has 6 nitrogen and oxygen atoms in total. The molecule has 1 aromatic heterocycles. The Labute approximate surface area is 169 Å². The van der Waals surface area contributed by atoms with E-state index in [4.69, 9.17) is 0 Å². The van der Waals surface area contributed by atoms with E-state index in [1.54, 1.807) is 25.3 Å². The number of carbonyl (C=O) groups excluding carboxylic acids is 2. The van der Waals surface area contributed by atoms with E-state index in [2.05, 4.69) is 9.88 Å². The number of carbonyl (C=O) groups is 2. The molecule has 2 aromatic rings. The molecule has 2 fully saturated rings. The van der Waals surface area contributed by atoms with Crippen molar-refractivity contribution in [3.8, 4) is 0 Å². The topological polar surface area (TPSA) is 56.8 Å². The summed E-state index contributed by atoms with van der Waals surface area (Å²) < 4.78 is 14.3. The van der Waals surface area contributed by atoms with Crippen molar-refractivity contribution in [2.45, 2.75) is 19.9 Å². The summed E-state index contributed by atoms with van der Waals surface area (Å²) in [6.45, 7) is 5.73. The Morgan fingerprint density at radius 1 is 1.21 bits per heavy atom. The van der Waals surface area contributed by atoms with Gasteiger partial charge in [0.15, 0.2) is 0 Å². The van der Waals surface area contributed by atoms with Gasteiger partial charge in [-0.15, -0.1) is 0 Å². The SMILES string of the molecule is Cc1ccc(N2CC(C(=O)N3CCN(Cc4cccnc4)CC3)CC2=O)c(F)c1. The van der Waals surface area contributed by atoms with Crippen molar-refractivity contribution in [3.05, 3.63) is 59.7 Å². The maximum Gasteiger partial charge on any atom is 0.228 e. The van der Waals surface area contributed by atoms with Crippen molar-refractivity contribution in [2.75, 3.05) is 37.6 Å². The lowest BCUT2D eigenvalue weighted by Gasteiger charge is -2.35. The van der Waals surface area contributed by atoms with E-state index in [1.165, 1.54) is 11.0 Å². The molecule has 0 bridgehead atoms. The van der Waals surface area contributed by atoms with Crippen LogP contribution >= 0.6 is 0 Å². The third-order valence-electron chi connectivity index (χ3n) is 5.68. The number of nitrogens with zero attached hydrogens (tertiary/aromatic N) is 4. The van der Waals surface area contributed by atoms with Crippen LogP contribution in [0.2, 0.25) is 0 Å². The van der Waals surface area contributed by atoms with Crippen molar-refractivity contribution in [3.63, 3.8) is 0 Å². The number of rotatable bonds is 4. The van der Waals surface area contributed by atoms with Crippen LogP contribution in [-0.4, -0.2) is 59.3 Å². The number of pyridine rings is 1. The molecule has 2 amide bonds. The minimum Gasteiger partial charge on any atom is -0.340 e. The van der Waals surface area contributed by atoms with Gasteiger partial charge in [-0.25, -0.2) is 4.39 Å². The van der Waals surface area contributed by atoms with Gasteiger partial charge in [0.05, 0.1) is 11.6 Å². The number of aryl methyl sites for hydroxylation is 1. The largest absolute Gasteiger partial charge is 0.340 e. The Hall–Kier alpha value is -2.80. The number of halogens is 1. The predicted octanol–water partition coefficient (Wildman–Crippen LogP) is 2.23. The highest BCUT2D eigenvalue weighted by Gasteiger charge is 2.38. The zero-order valence-electron chi connectivity index (χ0n) is 16.6. The molecule has 1 aromatic carbocycles. The van der Waals surface area contributed by atoms with E-state index >= 15 is 0 Å². The highest BCUT2D eigenvalue weighted by molar-refractivity contribution is 6.00. The Balaban J connectivity index is 1.34. The Bertz CT molecular complexity index is 897. The first-order valence-corrected chi connectivity index (χ1v) is 9.98. The highest BCUT2D eigenvalue weighted by Crippen LogP contribution is 2.29. The average Bonchev–Trinajstić information content (AvgIpc) is 3.10. The molecule has 3 heterocycles. The van der Waals surface area contributed by atoms with E-state index in [9.17, 15) is 14.0 Å². The first-order chi connectivity index (χ1) is 14.0. The summed E-state index contributed by atoms with van der Waals surface area (Å²) in [6, 6.07) is 8.79. The zero-order valence-corrected chi connectivity index (χ0v) is 16.6. The van der Waals surface area contributed by atoms with Gasteiger partial charge in [0.2, 0.25) is 11.8 Å². The van der Waals surface area contributed by atoms with Crippen LogP contribution < -0.4 is 4.90 Å². The summed E-state index contributed by atoms with van der Waals surface area (Å²) >= 11 is 0. The highest BCUT2D eigenvalue weighted by atomic mass is 19.1. The van der Waals surface area contributed by atoms with Crippen molar-refractivity contribution < 1.29 is 14.0 Å². The van der Waals surface area contributed by atoms with Gasteiger partial charge in [-0.3, -0.25) is 19.5 Å². The van der Waals surface area contributed by atoms with Crippen LogP contribution in [-0.2, 0) is 16.1 Å². The van der Waals surface area contributed by atoms with Crippen molar-refractivity contribution in [1.29, 1.82) is 0 Å². The summed E-state index contributed by atoms with van der Waals surface area (Å²) in [7, 11) is 0. The number of anilines is 1. The summed E-state index contributed by atoms with van der Waals surface area (Å²) in [5, 5.41) is 0. The normalized spacial score (nSPS) is 20.3. The molecule has 2 saturated heterocycles. The molecule has 2 aliphatic rings. The number of hydrogen-bond acceptors (Lipinski definition) is 4. The van der Waals surface area contributed by atoms with Crippen LogP contribution in [0.25, 0.3) is 0 Å². The molecule has 1 unspecified atom stereocenters. The molecular weight excluding hydrogens is 371 g/mol. The van der Waals surface area contributed by atoms with Crippen LogP contribution in [0, 0.1) is 18.7 Å². The molecular formula is C22H25FN4O2. The zero-order chi connectivity index (χ0) is 20.4. The van der Waals surface area contributed by atoms with Gasteiger partial charge in [0.1, 0.15) is 5.82 Å². The molecule has 0 saturated carbocycles. The summed E-state index contributed by atoms with van der Waals surface area (Å²) in [5.74, 6) is -1.03. The summed E-state index contributed by atoms with van der Waals surface area (Å²) in [4.78, 5) is 35.1. The number of hydrogen-bond donors (Lipinski definition) is 0. The maximum absolute atomic E-state index is 14.3. The second-order valence-electron chi connectivity index (χ2n) is 7.82. The number of benzene rings is 1. The second kappa shape index (κ2) is 8.29. The van der Waals surface area contributed by atoms with Crippen LogP contribution in [0.1, 0.15) is 17.5 Å². The molecule has 0 radical (unpaired) electrons. The third kappa shape index (κ3) is 4.29. The number of amides is 2. The van der Waals surface area contributed by atoms with Crippen molar-refractivity contribution >= 4 is 17.5 Å². The van der Waals surface area contributed by atoms with E-state index in [0.717, 1.165) is 30.8 Å². The third-order valence-corrected chi connectivity index (χ3v) is 5.68. The first kappa shape index (κ1) is 19.5. The van der Waals surface area contributed by atoms with Gasteiger partial charge in [0.25, 0.3) is 0 Å². The average molecular weight is 396 g/mol. The molecule has 1 atom stereocenters. The quantitative estimate of drug-likeness (QED) is 0.795. The lowest BCUT2D eigenvalue weighted by molar-refractivity contribution is -0.137. The fraction of sp³-hybridized carbons (Fsp3) is 0.409. The van der Waals surface area contributed by atoms with Gasteiger partial charge in [-0.05, 0) is 36.2 Å². The first-order valence-electron chi connectivity index (χ1n) is 9.98. The standard InChI is InChI=1S/C22H25FN4O2/c1-16-4-5-20(19(23)11-16)27-15-18(12-21(27)28)22(29)26-9-7-25(8-10-26)14-17-3-2-6-24-13-17/h2-6,11,13,18H,7-10,12,14-15H2,1H3. The molecule has 0 aliphatic carbocycles. The Morgan fingerprint density at radius 2 is 2.00 bits per heavy atom. The second-order valence-corrected chi connectivity index (χ2v) is 7.82. The molecule has 0 spiro atoms. The molecule has 4 rings (SSSR count). The van der Waals surface area contributed by atoms with Crippen LogP contribution in [0.4, 0.5) is 10.1 Å². The Kier molecular flexibility index (Phi) is 5.58. The number of piperazine rings is 1. The lowest BCUT2D eigenvalue weighted by Crippen LogP contribution is -2.50. The fourth-order valence-electron chi connectivity index (χ4n) is 4.07. The van der Waals surface area contributed by atoms with Crippen LogP contribution in [0.5, 0.6) is 0 Å². The molecule has 2 aliphatic heterocycles. The molecule has 7 heteroatoms. The van der Waals surface area contributed by atoms with Gasteiger partial charge in [-0.1, -0.05) is 12.1 Å². The smallest absolute Gasteiger partial charge is 0.228 e. The van der Waals surface area contributed by atoms with Crippen molar-refractivity contribution in [1.82, 2.24) is 14.8 Å². The van der Waals surface area contributed by atoms with Gasteiger partial charge in [-0.2, -0.15) is 0 Å². The van der Waals surface area contributed by atoms with Crippen molar-refractivity contribution in [2.24, 2.45) is 5.92 Å². The van der Waals surface area contributed by atoms with Crippen LogP contribution in [0.15, 0.2) is 42.7 Å². The van der Waals surface area contributed by atoms with E-state index in [1.807, 2.05) is 23.2 Å². The van der Waals surface area contributed by atoms with E-state index in [-0.39, 0.29) is 30.5 Å². The van der Waals surface area contributed by atoms with Crippen LogP contribution in [0.3, 0.4) is 0 Å². The van der Waals surface area contributed by atoms with Gasteiger partial charge >= 0.3 is 0 Å². The van der Waals surface area contributed by atoms with Gasteiger partial charge < -0.3 is 9.80 Å².